The van der Waals surface area contributed by atoms with Crippen LogP contribution in [0.25, 0.3) is 0 Å². The number of hydrogen-bond acceptors (Lipinski definition) is 1. The summed E-state index contributed by atoms with van der Waals surface area (Å²) in [7, 11) is 0. The molecular formula is C15H26O. The second-order valence-corrected chi connectivity index (χ2v) is 5.68. The van der Waals surface area contributed by atoms with Gasteiger partial charge < -0.3 is 5.11 Å². The van der Waals surface area contributed by atoms with Crippen molar-refractivity contribution in [3.8, 4) is 0 Å². The van der Waals surface area contributed by atoms with Crippen LogP contribution in [-0.2, 0) is 0 Å². The average Bonchev–Trinajstić information content (AvgIpc) is 2.17. The minimum atomic E-state index is -0.460. The van der Waals surface area contributed by atoms with Gasteiger partial charge in [0.25, 0.3) is 0 Å². The first-order chi connectivity index (χ1) is 7.44. The molecule has 16 heavy (non-hydrogen) atoms. The molecule has 3 atom stereocenters. The van der Waals surface area contributed by atoms with E-state index in [4.69, 9.17) is 0 Å². The van der Waals surface area contributed by atoms with Gasteiger partial charge in [-0.2, -0.15) is 0 Å². The first-order valence-corrected chi connectivity index (χ1v) is 6.46. The zero-order valence-corrected chi connectivity index (χ0v) is 11.2. The van der Waals surface area contributed by atoms with Gasteiger partial charge in [0.2, 0.25) is 0 Å². The van der Waals surface area contributed by atoms with Crippen molar-refractivity contribution in [1.29, 1.82) is 0 Å². The second kappa shape index (κ2) is 5.67. The minimum Gasteiger partial charge on any atom is -0.389 e. The lowest BCUT2D eigenvalue weighted by Gasteiger charge is -2.36. The van der Waals surface area contributed by atoms with Crippen molar-refractivity contribution >= 4 is 0 Å². The Balaban J connectivity index is 2.54. The van der Waals surface area contributed by atoms with Crippen LogP contribution in [0, 0.1) is 11.8 Å². The Morgan fingerprint density at radius 2 is 2.06 bits per heavy atom. The van der Waals surface area contributed by atoms with E-state index in [1.165, 1.54) is 5.57 Å². The van der Waals surface area contributed by atoms with E-state index in [0.29, 0.717) is 11.8 Å². The van der Waals surface area contributed by atoms with Gasteiger partial charge in [-0.3, -0.25) is 0 Å². The van der Waals surface area contributed by atoms with E-state index < -0.39 is 5.60 Å². The summed E-state index contributed by atoms with van der Waals surface area (Å²) in [6.45, 7) is 8.71. The molecule has 0 saturated carbocycles. The molecule has 0 spiro atoms. The zero-order valence-electron chi connectivity index (χ0n) is 11.2. The zero-order chi connectivity index (χ0) is 12.2. The van der Waals surface area contributed by atoms with Crippen LogP contribution in [0.3, 0.4) is 0 Å². The Morgan fingerprint density at radius 1 is 1.38 bits per heavy atom. The second-order valence-electron chi connectivity index (χ2n) is 5.68. The molecule has 0 fully saturated rings. The highest BCUT2D eigenvalue weighted by Crippen LogP contribution is 2.34. The van der Waals surface area contributed by atoms with E-state index in [-0.39, 0.29) is 0 Å². The van der Waals surface area contributed by atoms with Gasteiger partial charge in [-0.25, -0.2) is 0 Å². The van der Waals surface area contributed by atoms with Crippen LogP contribution in [0.1, 0.15) is 53.4 Å². The molecule has 0 saturated heterocycles. The molecule has 1 aliphatic carbocycles. The molecule has 1 N–H and O–H groups in total. The highest BCUT2D eigenvalue weighted by Gasteiger charge is 2.33. The Kier molecular flexibility index (Phi) is 4.79. The third kappa shape index (κ3) is 3.79. The molecule has 1 aliphatic rings. The molecule has 1 rings (SSSR count). The molecule has 0 amide bonds. The van der Waals surface area contributed by atoms with E-state index in [1.54, 1.807) is 0 Å². The Labute approximate surface area is 100 Å². The highest BCUT2D eigenvalue weighted by atomic mass is 16.3. The van der Waals surface area contributed by atoms with Crippen molar-refractivity contribution in [1.82, 2.24) is 0 Å². The largest absolute Gasteiger partial charge is 0.389 e. The van der Waals surface area contributed by atoms with Gasteiger partial charge in [0.1, 0.15) is 0 Å². The number of aliphatic hydroxyl groups is 1. The van der Waals surface area contributed by atoms with Crippen LogP contribution in [-0.4, -0.2) is 10.7 Å². The standard InChI is InChI=1S/C15H26O/c1-12(2)10-13(3)11-14(4)15(16)8-6-5-7-9-15/h5-6,10,13-14,16H,7-9,11H2,1-4H3/t13-,14+,15?/m1/s1. The number of hydrogen-bond donors (Lipinski definition) is 1. The third-order valence-corrected chi connectivity index (χ3v) is 3.64. The molecular weight excluding hydrogens is 196 g/mol. The molecule has 1 unspecified atom stereocenters. The first kappa shape index (κ1) is 13.5. The quantitative estimate of drug-likeness (QED) is 0.710. The molecule has 0 radical (unpaired) electrons. The van der Waals surface area contributed by atoms with Crippen molar-refractivity contribution in [3.63, 3.8) is 0 Å². The van der Waals surface area contributed by atoms with Crippen LogP contribution < -0.4 is 0 Å². The number of allylic oxidation sites excluding steroid dienone is 3. The maximum Gasteiger partial charge on any atom is 0.0710 e. The SMILES string of the molecule is CC(C)=C[C@@H](C)C[C@H](C)C1(O)CC=CCC1. The van der Waals surface area contributed by atoms with E-state index in [1.807, 2.05) is 0 Å². The monoisotopic (exact) mass is 222 g/mol. The summed E-state index contributed by atoms with van der Waals surface area (Å²) in [6, 6.07) is 0. The van der Waals surface area contributed by atoms with Crippen molar-refractivity contribution in [2.45, 2.75) is 59.0 Å². The fourth-order valence-electron chi connectivity index (χ4n) is 2.70. The van der Waals surface area contributed by atoms with E-state index in [0.717, 1.165) is 25.7 Å². The normalized spacial score (nSPS) is 28.6. The molecule has 1 nitrogen and oxygen atoms in total. The van der Waals surface area contributed by atoms with Gasteiger partial charge >= 0.3 is 0 Å². The molecule has 0 bridgehead atoms. The minimum absolute atomic E-state index is 0.378. The van der Waals surface area contributed by atoms with Crippen molar-refractivity contribution < 1.29 is 5.11 Å². The summed E-state index contributed by atoms with van der Waals surface area (Å²) in [5, 5.41) is 10.6. The van der Waals surface area contributed by atoms with E-state index in [2.05, 4.69) is 45.9 Å². The Hall–Kier alpha value is -0.560. The van der Waals surface area contributed by atoms with Gasteiger partial charge in [0.15, 0.2) is 0 Å². The third-order valence-electron chi connectivity index (χ3n) is 3.64. The van der Waals surface area contributed by atoms with E-state index >= 15 is 0 Å². The summed E-state index contributed by atoms with van der Waals surface area (Å²) in [5.41, 5.74) is 0.911. The summed E-state index contributed by atoms with van der Waals surface area (Å²) >= 11 is 0. The predicted octanol–water partition coefficient (Wildman–Crippen LogP) is 4.09. The highest BCUT2D eigenvalue weighted by molar-refractivity contribution is 5.02. The maximum atomic E-state index is 10.6. The Morgan fingerprint density at radius 3 is 2.56 bits per heavy atom. The molecule has 0 aromatic heterocycles. The first-order valence-electron chi connectivity index (χ1n) is 6.46. The van der Waals surface area contributed by atoms with Gasteiger partial charge in [-0.15, -0.1) is 0 Å². The average molecular weight is 222 g/mol. The summed E-state index contributed by atoms with van der Waals surface area (Å²) in [4.78, 5) is 0. The topological polar surface area (TPSA) is 20.2 Å². The van der Waals surface area contributed by atoms with Crippen LogP contribution in [0.2, 0.25) is 0 Å². The van der Waals surface area contributed by atoms with Gasteiger partial charge in [-0.1, -0.05) is 37.6 Å². The van der Waals surface area contributed by atoms with Crippen LogP contribution >= 0.6 is 0 Å². The molecule has 0 aromatic rings. The fraction of sp³-hybridized carbons (Fsp3) is 0.733. The summed E-state index contributed by atoms with van der Waals surface area (Å²) in [5.74, 6) is 0.943. The molecule has 1 heteroatoms. The van der Waals surface area contributed by atoms with Gasteiger partial charge in [0, 0.05) is 0 Å². The predicted molar refractivity (Wildman–Crippen MR) is 70.3 cm³/mol. The van der Waals surface area contributed by atoms with Crippen LogP contribution in [0.4, 0.5) is 0 Å². The fourth-order valence-corrected chi connectivity index (χ4v) is 2.70. The summed E-state index contributed by atoms with van der Waals surface area (Å²) < 4.78 is 0. The lowest BCUT2D eigenvalue weighted by molar-refractivity contribution is -0.0256. The smallest absolute Gasteiger partial charge is 0.0710 e. The maximum absolute atomic E-state index is 10.6. The molecule has 0 aromatic carbocycles. The van der Waals surface area contributed by atoms with Crippen molar-refractivity contribution in [3.05, 3.63) is 23.8 Å². The lowest BCUT2D eigenvalue weighted by atomic mass is 9.75. The van der Waals surface area contributed by atoms with E-state index in [9.17, 15) is 5.11 Å². The summed E-state index contributed by atoms with van der Waals surface area (Å²) in [6.07, 6.45) is 10.5. The van der Waals surface area contributed by atoms with Crippen molar-refractivity contribution in [2.24, 2.45) is 11.8 Å². The molecule has 92 valence electrons. The van der Waals surface area contributed by atoms with Crippen LogP contribution in [0.15, 0.2) is 23.8 Å². The van der Waals surface area contributed by atoms with Gasteiger partial charge in [-0.05, 0) is 51.4 Å². The Bertz CT molecular complexity index is 273. The molecule has 0 aliphatic heterocycles. The number of rotatable bonds is 4. The molecule has 0 heterocycles. The van der Waals surface area contributed by atoms with Gasteiger partial charge in [0.05, 0.1) is 5.60 Å². The lowest BCUT2D eigenvalue weighted by Crippen LogP contribution is -2.37. The van der Waals surface area contributed by atoms with Crippen molar-refractivity contribution in [2.75, 3.05) is 0 Å². The van der Waals surface area contributed by atoms with Crippen LogP contribution in [0.5, 0.6) is 0 Å².